The van der Waals surface area contributed by atoms with Crippen molar-refractivity contribution >= 4 is 34.2 Å². The smallest absolute Gasteiger partial charge is 0.341 e. The lowest BCUT2D eigenvalue weighted by atomic mass is 9.78. The summed E-state index contributed by atoms with van der Waals surface area (Å²) in [6.07, 6.45) is 2.44. The summed E-state index contributed by atoms with van der Waals surface area (Å²) in [6, 6.07) is 5.78. The molecule has 0 saturated heterocycles. The number of aryl methyl sites for hydroxylation is 1. The molecule has 1 heterocycles. The van der Waals surface area contributed by atoms with Crippen molar-refractivity contribution in [3.05, 3.63) is 40.5 Å². The van der Waals surface area contributed by atoms with Gasteiger partial charge in [0.2, 0.25) is 5.91 Å². The quantitative estimate of drug-likeness (QED) is 0.628. The van der Waals surface area contributed by atoms with Gasteiger partial charge in [0.1, 0.15) is 16.4 Å². The fourth-order valence-electron chi connectivity index (χ4n) is 5.21. The van der Waals surface area contributed by atoms with E-state index < -0.39 is 23.8 Å². The molecular formula is C23H24FNO5S. The van der Waals surface area contributed by atoms with E-state index in [0.717, 1.165) is 24.1 Å². The van der Waals surface area contributed by atoms with Crippen molar-refractivity contribution in [2.45, 2.75) is 33.1 Å². The van der Waals surface area contributed by atoms with Gasteiger partial charge in [0, 0.05) is 10.4 Å². The number of thiophene rings is 1. The van der Waals surface area contributed by atoms with Crippen LogP contribution in [0, 0.1) is 36.4 Å². The molecule has 4 unspecified atom stereocenters. The second kappa shape index (κ2) is 8.42. The van der Waals surface area contributed by atoms with Crippen LogP contribution < -0.4 is 5.32 Å². The summed E-state index contributed by atoms with van der Waals surface area (Å²) in [5.41, 5.74) is 1.45. The van der Waals surface area contributed by atoms with E-state index in [1.807, 2.05) is 6.92 Å². The summed E-state index contributed by atoms with van der Waals surface area (Å²) < 4.78 is 18.6. The van der Waals surface area contributed by atoms with Crippen molar-refractivity contribution in [1.82, 2.24) is 0 Å². The van der Waals surface area contributed by atoms with Gasteiger partial charge in [-0.3, -0.25) is 9.59 Å². The predicted octanol–water partition coefficient (Wildman–Crippen LogP) is 4.72. The van der Waals surface area contributed by atoms with Crippen LogP contribution in [-0.4, -0.2) is 29.6 Å². The number of halogens is 1. The van der Waals surface area contributed by atoms with Crippen molar-refractivity contribution in [1.29, 1.82) is 0 Å². The van der Waals surface area contributed by atoms with Crippen LogP contribution in [0.4, 0.5) is 9.39 Å². The lowest BCUT2D eigenvalue weighted by Crippen LogP contribution is -2.37. The fourth-order valence-corrected chi connectivity index (χ4v) is 6.28. The van der Waals surface area contributed by atoms with Crippen LogP contribution in [0.1, 0.15) is 41.4 Å². The molecule has 1 amide bonds. The first-order valence-corrected chi connectivity index (χ1v) is 11.2. The van der Waals surface area contributed by atoms with Crippen molar-refractivity contribution in [2.24, 2.45) is 23.7 Å². The molecule has 6 nitrogen and oxygen atoms in total. The Morgan fingerprint density at radius 3 is 2.42 bits per heavy atom. The third kappa shape index (κ3) is 3.84. The Morgan fingerprint density at radius 1 is 1.16 bits per heavy atom. The predicted molar refractivity (Wildman–Crippen MR) is 114 cm³/mol. The van der Waals surface area contributed by atoms with E-state index in [9.17, 15) is 23.9 Å². The Labute approximate surface area is 183 Å². The largest absolute Gasteiger partial charge is 0.481 e. The van der Waals surface area contributed by atoms with Crippen molar-refractivity contribution in [2.75, 3.05) is 11.9 Å². The number of carbonyl (C=O) groups is 3. The average molecular weight is 446 g/mol. The Hall–Kier alpha value is -2.74. The zero-order valence-corrected chi connectivity index (χ0v) is 18.1. The van der Waals surface area contributed by atoms with Crippen LogP contribution >= 0.6 is 11.3 Å². The molecule has 4 atom stereocenters. The summed E-state index contributed by atoms with van der Waals surface area (Å²) in [5, 5.41) is 12.9. The number of nitrogens with one attached hydrogen (secondary N) is 1. The molecule has 2 saturated carbocycles. The summed E-state index contributed by atoms with van der Waals surface area (Å²) in [5.74, 6) is -3.49. The van der Waals surface area contributed by atoms with Gasteiger partial charge in [-0.1, -0.05) is 12.1 Å². The van der Waals surface area contributed by atoms with Gasteiger partial charge in [-0.25, -0.2) is 9.18 Å². The molecule has 164 valence electrons. The van der Waals surface area contributed by atoms with E-state index in [-0.39, 0.29) is 35.7 Å². The highest BCUT2D eigenvalue weighted by atomic mass is 32.1. The number of amides is 1. The lowest BCUT2D eigenvalue weighted by Gasteiger charge is -2.26. The number of carbonyl (C=O) groups excluding carboxylic acids is 2. The first-order chi connectivity index (χ1) is 14.8. The zero-order chi connectivity index (χ0) is 22.3. The molecule has 4 rings (SSSR count). The van der Waals surface area contributed by atoms with Crippen LogP contribution in [0.5, 0.6) is 0 Å². The van der Waals surface area contributed by atoms with Gasteiger partial charge in [-0.2, -0.15) is 0 Å². The molecule has 1 aromatic carbocycles. The highest BCUT2D eigenvalue weighted by molar-refractivity contribution is 7.17. The Bertz CT molecular complexity index is 1030. The maximum Gasteiger partial charge on any atom is 0.341 e. The molecular weight excluding hydrogens is 421 g/mol. The number of carboxylic acids is 1. The summed E-state index contributed by atoms with van der Waals surface area (Å²) >= 11 is 1.24. The Balaban J connectivity index is 1.70. The number of hydrogen-bond acceptors (Lipinski definition) is 5. The highest BCUT2D eigenvalue weighted by Gasteiger charge is 2.54. The molecule has 0 radical (unpaired) electrons. The van der Waals surface area contributed by atoms with Gasteiger partial charge < -0.3 is 15.2 Å². The fraction of sp³-hybridized carbons (Fsp3) is 0.435. The van der Waals surface area contributed by atoms with Crippen LogP contribution in [0.25, 0.3) is 11.1 Å². The van der Waals surface area contributed by atoms with Crippen LogP contribution in [0.15, 0.2) is 24.3 Å². The van der Waals surface area contributed by atoms with Gasteiger partial charge in [0.15, 0.2) is 0 Å². The minimum atomic E-state index is -0.938. The van der Waals surface area contributed by atoms with E-state index in [0.29, 0.717) is 16.1 Å². The summed E-state index contributed by atoms with van der Waals surface area (Å²) in [4.78, 5) is 38.6. The number of rotatable bonds is 6. The molecule has 2 aromatic rings. The Kier molecular flexibility index (Phi) is 5.83. The van der Waals surface area contributed by atoms with E-state index in [1.54, 1.807) is 19.1 Å². The molecule has 2 N–H and O–H groups in total. The number of fused-ring (bicyclic) bond motifs is 2. The number of aliphatic carboxylic acids is 1. The number of esters is 1. The lowest BCUT2D eigenvalue weighted by molar-refractivity contribution is -0.148. The normalized spacial score (nSPS) is 24.2. The highest BCUT2D eigenvalue weighted by Crippen LogP contribution is 2.53. The van der Waals surface area contributed by atoms with Gasteiger partial charge in [-0.05, 0) is 62.6 Å². The third-order valence-corrected chi connectivity index (χ3v) is 7.46. The topological polar surface area (TPSA) is 92.7 Å². The summed E-state index contributed by atoms with van der Waals surface area (Å²) in [7, 11) is 0. The molecule has 31 heavy (non-hydrogen) atoms. The molecule has 0 aliphatic heterocycles. The third-order valence-electron chi connectivity index (χ3n) is 6.44. The van der Waals surface area contributed by atoms with Gasteiger partial charge >= 0.3 is 11.9 Å². The number of anilines is 1. The van der Waals surface area contributed by atoms with Crippen LogP contribution in [0.2, 0.25) is 0 Å². The van der Waals surface area contributed by atoms with Crippen LogP contribution in [-0.2, 0) is 14.3 Å². The van der Waals surface area contributed by atoms with Crippen molar-refractivity contribution < 1.29 is 28.6 Å². The zero-order valence-electron chi connectivity index (χ0n) is 17.3. The van der Waals surface area contributed by atoms with Crippen molar-refractivity contribution in [3.8, 4) is 11.1 Å². The monoisotopic (exact) mass is 445 g/mol. The minimum absolute atomic E-state index is 0.0302. The maximum atomic E-state index is 13.4. The average Bonchev–Trinajstić information content (AvgIpc) is 3.41. The standard InChI is InChI=1S/C23H24FNO5S/c1-3-30-23(29)19-16(12-6-8-15(24)9-7-12)11(2)31-21(19)25-20(26)17-13-4-5-14(10-13)18(17)22(27)28/h6-9,13-14,17-18H,3-5,10H2,1-2H3,(H,25,26)(H,27,28). The Morgan fingerprint density at radius 2 is 1.81 bits per heavy atom. The molecule has 2 aliphatic carbocycles. The number of carboxylic acid groups (broad SMARTS) is 1. The molecule has 8 heteroatoms. The van der Waals surface area contributed by atoms with E-state index in [1.165, 1.54) is 23.5 Å². The number of hydrogen-bond donors (Lipinski definition) is 2. The molecule has 2 fully saturated rings. The van der Waals surface area contributed by atoms with Gasteiger partial charge in [0.25, 0.3) is 0 Å². The van der Waals surface area contributed by atoms with E-state index in [4.69, 9.17) is 4.74 Å². The van der Waals surface area contributed by atoms with Crippen LogP contribution in [0.3, 0.4) is 0 Å². The first-order valence-electron chi connectivity index (χ1n) is 10.4. The molecule has 0 spiro atoms. The van der Waals surface area contributed by atoms with Crippen molar-refractivity contribution in [3.63, 3.8) is 0 Å². The molecule has 1 aromatic heterocycles. The number of ether oxygens (including phenoxy) is 1. The first kappa shape index (κ1) is 21.5. The van der Waals surface area contributed by atoms with E-state index in [2.05, 4.69) is 5.32 Å². The maximum absolute atomic E-state index is 13.4. The second-order valence-corrected chi connectivity index (χ2v) is 9.40. The molecule has 2 aliphatic rings. The second-order valence-electron chi connectivity index (χ2n) is 8.18. The SMILES string of the molecule is CCOC(=O)c1c(NC(=O)C2C3CCC(C3)C2C(=O)O)sc(C)c1-c1ccc(F)cc1. The minimum Gasteiger partial charge on any atom is -0.481 e. The molecule has 2 bridgehead atoms. The number of benzene rings is 1. The van der Waals surface area contributed by atoms with Gasteiger partial charge in [0.05, 0.1) is 18.4 Å². The van der Waals surface area contributed by atoms with E-state index >= 15 is 0 Å². The van der Waals surface area contributed by atoms with Gasteiger partial charge in [-0.15, -0.1) is 11.3 Å². The summed E-state index contributed by atoms with van der Waals surface area (Å²) in [6.45, 7) is 3.68.